The lowest BCUT2D eigenvalue weighted by Crippen LogP contribution is -2.37. The van der Waals surface area contributed by atoms with Gasteiger partial charge < -0.3 is 19.9 Å². The Kier molecular flexibility index (Phi) is 8.73. The molecule has 3 rings (SSSR count). The van der Waals surface area contributed by atoms with E-state index in [4.69, 9.17) is 4.74 Å². The monoisotopic (exact) mass is 512 g/mol. The molecule has 0 spiro atoms. The van der Waals surface area contributed by atoms with Crippen LogP contribution in [0, 0.1) is 0 Å². The van der Waals surface area contributed by atoms with Gasteiger partial charge in [0.25, 0.3) is 0 Å². The number of aryl methyl sites for hydroxylation is 1. The van der Waals surface area contributed by atoms with Crippen molar-refractivity contribution in [1.82, 2.24) is 25.4 Å². The lowest BCUT2D eigenvalue weighted by molar-refractivity contribution is 0.129. The van der Waals surface area contributed by atoms with Gasteiger partial charge in [-0.1, -0.05) is 24.6 Å². The van der Waals surface area contributed by atoms with Crippen LogP contribution in [0.4, 0.5) is 0 Å². The fourth-order valence-electron chi connectivity index (χ4n) is 3.32. The zero-order valence-corrected chi connectivity index (χ0v) is 20.2. The summed E-state index contributed by atoms with van der Waals surface area (Å²) in [4.78, 5) is 4.33. The van der Waals surface area contributed by atoms with Crippen molar-refractivity contribution in [3.63, 3.8) is 0 Å². The van der Waals surface area contributed by atoms with Gasteiger partial charge in [-0.05, 0) is 39.7 Å². The van der Waals surface area contributed by atoms with Crippen molar-refractivity contribution in [2.24, 2.45) is 4.99 Å². The number of fused-ring (bicyclic) bond motifs is 1. The van der Waals surface area contributed by atoms with Gasteiger partial charge >= 0.3 is 0 Å². The van der Waals surface area contributed by atoms with Gasteiger partial charge in [0.05, 0.1) is 6.54 Å². The van der Waals surface area contributed by atoms with Crippen LogP contribution in [-0.2, 0) is 26.1 Å². The summed E-state index contributed by atoms with van der Waals surface area (Å²) in [5.41, 5.74) is 0.860. The van der Waals surface area contributed by atoms with Gasteiger partial charge in [0.15, 0.2) is 11.8 Å². The Balaban J connectivity index is 0.00000300. The van der Waals surface area contributed by atoms with E-state index in [1.165, 1.54) is 19.3 Å². The van der Waals surface area contributed by atoms with Crippen molar-refractivity contribution in [3.8, 4) is 5.75 Å². The summed E-state index contributed by atoms with van der Waals surface area (Å²) in [5.74, 6) is 3.69. The van der Waals surface area contributed by atoms with E-state index in [1.807, 2.05) is 18.2 Å². The van der Waals surface area contributed by atoms with E-state index in [1.54, 1.807) is 7.05 Å². The number of guanidine groups is 1. The first-order valence-electron chi connectivity index (χ1n) is 10.1. The van der Waals surface area contributed by atoms with Gasteiger partial charge in [-0.2, -0.15) is 0 Å². The van der Waals surface area contributed by atoms with Crippen LogP contribution in [0.3, 0.4) is 0 Å². The van der Waals surface area contributed by atoms with Crippen LogP contribution in [-0.4, -0.2) is 33.4 Å². The second kappa shape index (κ2) is 10.8. The van der Waals surface area contributed by atoms with Crippen LogP contribution < -0.4 is 15.4 Å². The molecule has 8 heteroatoms. The molecule has 0 bridgehead atoms. The number of aliphatic imine (C=N–C) groups is 1. The molecule has 0 radical (unpaired) electrons. The zero-order valence-electron chi connectivity index (χ0n) is 17.9. The molecule has 1 aliphatic heterocycles. The molecule has 0 amide bonds. The molecule has 160 valence electrons. The summed E-state index contributed by atoms with van der Waals surface area (Å²) in [5, 5.41) is 15.4. The minimum Gasteiger partial charge on any atom is -0.488 e. The van der Waals surface area contributed by atoms with Crippen molar-refractivity contribution in [2.45, 2.75) is 71.7 Å². The van der Waals surface area contributed by atoms with Gasteiger partial charge in [-0.25, -0.2) is 0 Å². The highest BCUT2D eigenvalue weighted by Crippen LogP contribution is 2.22. The van der Waals surface area contributed by atoms with E-state index in [0.29, 0.717) is 13.1 Å². The maximum absolute atomic E-state index is 6.07. The smallest absolute Gasteiger partial charge is 0.191 e. The SMILES string of the molecule is CN=C(NCc1ccccc1OC(C)(C)C)NCc1nnc2n1CCCCC2.I. The summed E-state index contributed by atoms with van der Waals surface area (Å²) in [6.07, 6.45) is 4.67. The van der Waals surface area contributed by atoms with Crippen LogP contribution in [0.1, 0.15) is 57.2 Å². The molecule has 0 aliphatic carbocycles. The molecule has 7 nitrogen and oxygen atoms in total. The predicted octanol–water partition coefficient (Wildman–Crippen LogP) is 3.67. The molecule has 1 aliphatic rings. The van der Waals surface area contributed by atoms with E-state index in [0.717, 1.165) is 41.9 Å². The van der Waals surface area contributed by atoms with Gasteiger partial charge in [-0.15, -0.1) is 34.2 Å². The minimum absolute atomic E-state index is 0. The first-order chi connectivity index (χ1) is 13.5. The number of para-hydroxylation sites is 1. The molecule has 2 N–H and O–H groups in total. The van der Waals surface area contributed by atoms with Crippen molar-refractivity contribution >= 4 is 29.9 Å². The Morgan fingerprint density at radius 2 is 1.86 bits per heavy atom. The lowest BCUT2D eigenvalue weighted by Gasteiger charge is -2.23. The molecule has 1 aromatic heterocycles. The van der Waals surface area contributed by atoms with Crippen molar-refractivity contribution in [1.29, 1.82) is 0 Å². The third-order valence-electron chi connectivity index (χ3n) is 4.66. The van der Waals surface area contributed by atoms with Crippen LogP contribution >= 0.6 is 24.0 Å². The molecule has 0 saturated heterocycles. The number of hydrogen-bond acceptors (Lipinski definition) is 4. The molecule has 0 fully saturated rings. The Labute approximate surface area is 190 Å². The van der Waals surface area contributed by atoms with Crippen LogP contribution in [0.2, 0.25) is 0 Å². The number of nitrogens with one attached hydrogen (secondary N) is 2. The molecular weight excluding hydrogens is 479 g/mol. The maximum Gasteiger partial charge on any atom is 0.191 e. The third kappa shape index (κ3) is 6.87. The van der Waals surface area contributed by atoms with Crippen molar-refractivity contribution in [3.05, 3.63) is 41.5 Å². The average molecular weight is 512 g/mol. The van der Waals surface area contributed by atoms with Crippen molar-refractivity contribution in [2.75, 3.05) is 7.05 Å². The number of rotatable bonds is 5. The number of ether oxygens (including phenoxy) is 1. The Morgan fingerprint density at radius 1 is 1.10 bits per heavy atom. The Bertz CT molecular complexity index is 812. The highest BCUT2D eigenvalue weighted by atomic mass is 127. The van der Waals surface area contributed by atoms with Crippen LogP contribution in [0.5, 0.6) is 5.75 Å². The number of halogens is 1. The molecule has 2 heterocycles. The first kappa shape index (κ1) is 23.4. The molecule has 0 unspecified atom stereocenters. The fourth-order valence-corrected chi connectivity index (χ4v) is 3.32. The van der Waals surface area contributed by atoms with Crippen LogP contribution in [0.15, 0.2) is 29.3 Å². The molecular formula is C21H33IN6O. The number of benzene rings is 1. The van der Waals surface area contributed by atoms with Gasteiger partial charge in [-0.3, -0.25) is 4.99 Å². The molecule has 1 aromatic carbocycles. The highest BCUT2D eigenvalue weighted by Gasteiger charge is 2.16. The van der Waals surface area contributed by atoms with Crippen molar-refractivity contribution < 1.29 is 4.74 Å². The van der Waals surface area contributed by atoms with Gasteiger partial charge in [0.1, 0.15) is 17.2 Å². The second-order valence-corrected chi connectivity index (χ2v) is 8.10. The molecule has 2 aromatic rings. The molecule has 0 atom stereocenters. The number of hydrogen-bond donors (Lipinski definition) is 2. The molecule has 29 heavy (non-hydrogen) atoms. The van der Waals surface area contributed by atoms with E-state index in [9.17, 15) is 0 Å². The number of aromatic nitrogens is 3. The quantitative estimate of drug-likeness (QED) is 0.364. The number of nitrogens with zero attached hydrogens (tertiary/aromatic N) is 4. The Hall–Kier alpha value is -1.84. The van der Waals surface area contributed by atoms with Gasteiger partial charge in [0, 0.05) is 32.1 Å². The Morgan fingerprint density at radius 3 is 2.62 bits per heavy atom. The van der Waals surface area contributed by atoms with E-state index < -0.39 is 0 Å². The van der Waals surface area contributed by atoms with E-state index in [-0.39, 0.29) is 29.6 Å². The highest BCUT2D eigenvalue weighted by molar-refractivity contribution is 14.0. The maximum atomic E-state index is 6.07. The van der Waals surface area contributed by atoms with E-state index in [2.05, 4.69) is 57.2 Å². The molecule has 0 saturated carbocycles. The lowest BCUT2D eigenvalue weighted by atomic mass is 10.1. The topological polar surface area (TPSA) is 76.4 Å². The fraction of sp³-hybridized carbons (Fsp3) is 0.571. The largest absolute Gasteiger partial charge is 0.488 e. The summed E-state index contributed by atoms with van der Waals surface area (Å²) in [6, 6.07) is 8.09. The van der Waals surface area contributed by atoms with E-state index >= 15 is 0 Å². The summed E-state index contributed by atoms with van der Waals surface area (Å²) < 4.78 is 8.32. The minimum atomic E-state index is -0.235. The normalized spacial score (nSPS) is 14.4. The van der Waals surface area contributed by atoms with Crippen LogP contribution in [0.25, 0.3) is 0 Å². The first-order valence-corrected chi connectivity index (χ1v) is 10.1. The summed E-state index contributed by atoms with van der Waals surface area (Å²) in [7, 11) is 1.78. The average Bonchev–Trinajstić information content (AvgIpc) is 2.88. The van der Waals surface area contributed by atoms with Gasteiger partial charge in [0.2, 0.25) is 0 Å². The summed E-state index contributed by atoms with van der Waals surface area (Å²) in [6.45, 7) is 8.40. The third-order valence-corrected chi connectivity index (χ3v) is 4.66. The second-order valence-electron chi connectivity index (χ2n) is 8.10. The summed E-state index contributed by atoms with van der Waals surface area (Å²) >= 11 is 0. The predicted molar refractivity (Wildman–Crippen MR) is 127 cm³/mol. The standard InChI is InChI=1S/C21H32N6O.HI/c1-21(2,3)28-17-11-8-7-10-16(17)14-23-20(22-4)24-15-19-26-25-18-12-6-5-9-13-27(18)19;/h7-8,10-11H,5-6,9,12-15H2,1-4H3,(H2,22,23,24);1H. The zero-order chi connectivity index (χ0) is 20.0.